The quantitative estimate of drug-likeness (QED) is 0.867. The monoisotopic (exact) mass is 276 g/mol. The van der Waals surface area contributed by atoms with Crippen LogP contribution in [0.2, 0.25) is 0 Å². The van der Waals surface area contributed by atoms with Gasteiger partial charge in [0.1, 0.15) is 5.82 Å². The van der Waals surface area contributed by atoms with E-state index in [1.807, 2.05) is 13.8 Å². The number of hydrogen-bond acceptors (Lipinski definition) is 4. The van der Waals surface area contributed by atoms with Gasteiger partial charge in [0.15, 0.2) is 5.69 Å². The molecule has 0 radical (unpaired) electrons. The van der Waals surface area contributed by atoms with Gasteiger partial charge in [-0.3, -0.25) is 4.79 Å². The lowest BCUT2D eigenvalue weighted by Crippen LogP contribution is -2.53. The third-order valence-electron chi connectivity index (χ3n) is 4.17. The third-order valence-corrected chi connectivity index (χ3v) is 4.17. The minimum atomic E-state index is -0.0970. The molecule has 0 bridgehead atoms. The molecule has 20 heavy (non-hydrogen) atoms. The molecule has 1 fully saturated rings. The second-order valence-electron chi connectivity index (χ2n) is 5.84. The Morgan fingerprint density at radius 1 is 1.45 bits per heavy atom. The van der Waals surface area contributed by atoms with Crippen LogP contribution in [-0.2, 0) is 0 Å². The molecule has 0 unspecified atom stereocenters. The molecule has 1 saturated carbocycles. The van der Waals surface area contributed by atoms with Gasteiger partial charge in [-0.25, -0.2) is 9.97 Å². The van der Waals surface area contributed by atoms with Crippen molar-refractivity contribution < 1.29 is 4.79 Å². The maximum absolute atomic E-state index is 12.5. The summed E-state index contributed by atoms with van der Waals surface area (Å²) in [6, 6.07) is 0. The minimum Gasteiger partial charge on any atom is -0.385 e. The van der Waals surface area contributed by atoms with Crippen LogP contribution in [0.15, 0.2) is 6.20 Å². The highest BCUT2D eigenvalue weighted by molar-refractivity contribution is 5.98. The normalized spacial score (nSPS) is 16.6. The number of aromatic nitrogens is 2. The van der Waals surface area contributed by atoms with E-state index in [4.69, 9.17) is 0 Å². The molecule has 0 aromatic carbocycles. The van der Waals surface area contributed by atoms with Crippen LogP contribution in [0.5, 0.6) is 0 Å². The molecule has 1 aromatic heterocycles. The maximum atomic E-state index is 12.5. The van der Waals surface area contributed by atoms with Crippen molar-refractivity contribution in [2.75, 3.05) is 12.4 Å². The number of amides is 1. The van der Waals surface area contributed by atoms with Crippen molar-refractivity contribution in [3.8, 4) is 0 Å². The van der Waals surface area contributed by atoms with Crippen molar-refractivity contribution in [1.29, 1.82) is 0 Å². The Balaban J connectivity index is 2.25. The Kier molecular flexibility index (Phi) is 4.26. The minimum absolute atomic E-state index is 0.0228. The fourth-order valence-corrected chi connectivity index (χ4v) is 2.50. The topological polar surface area (TPSA) is 66.9 Å². The number of nitrogens with one attached hydrogen (secondary N) is 2. The average Bonchev–Trinajstić information content (AvgIpc) is 2.41. The molecule has 2 rings (SSSR count). The molecule has 1 amide bonds. The van der Waals surface area contributed by atoms with Crippen molar-refractivity contribution in [3.63, 3.8) is 0 Å². The molecule has 5 heteroatoms. The number of anilines is 1. The summed E-state index contributed by atoms with van der Waals surface area (Å²) in [5.74, 6) is 0.810. The molecule has 1 aliphatic carbocycles. The van der Waals surface area contributed by atoms with E-state index in [2.05, 4.69) is 27.5 Å². The van der Waals surface area contributed by atoms with E-state index in [0.717, 1.165) is 19.3 Å². The number of hydrogen-bond donors (Lipinski definition) is 2. The van der Waals surface area contributed by atoms with E-state index < -0.39 is 0 Å². The second kappa shape index (κ2) is 5.77. The molecule has 0 spiro atoms. The summed E-state index contributed by atoms with van der Waals surface area (Å²) in [6.07, 6.45) is 5.97. The first kappa shape index (κ1) is 14.8. The highest BCUT2D eigenvalue weighted by Crippen LogP contribution is 2.35. The standard InChI is InChI=1S/C15H24N4O/c1-5-15(7-6-8-15)19-14(20)12-11(16-4)9-17-13(18-12)10(2)3/h9-10,16H,5-8H2,1-4H3,(H,19,20). The maximum Gasteiger partial charge on any atom is 0.272 e. The summed E-state index contributed by atoms with van der Waals surface area (Å²) in [5, 5.41) is 6.16. The zero-order chi connectivity index (χ0) is 14.8. The summed E-state index contributed by atoms with van der Waals surface area (Å²) in [5.41, 5.74) is 1.11. The largest absolute Gasteiger partial charge is 0.385 e. The summed E-state index contributed by atoms with van der Waals surface area (Å²) in [6.45, 7) is 6.17. The summed E-state index contributed by atoms with van der Waals surface area (Å²) in [4.78, 5) is 21.2. The first-order chi connectivity index (χ1) is 9.51. The van der Waals surface area contributed by atoms with Crippen LogP contribution in [0.3, 0.4) is 0 Å². The molecule has 0 atom stereocenters. The first-order valence-corrected chi connectivity index (χ1v) is 7.38. The molecule has 1 aromatic rings. The summed E-state index contributed by atoms with van der Waals surface area (Å²) in [7, 11) is 1.78. The van der Waals surface area contributed by atoms with Gasteiger partial charge in [0.2, 0.25) is 0 Å². The van der Waals surface area contributed by atoms with Crippen molar-refractivity contribution in [2.24, 2.45) is 0 Å². The Hall–Kier alpha value is -1.65. The van der Waals surface area contributed by atoms with Gasteiger partial charge in [0, 0.05) is 18.5 Å². The van der Waals surface area contributed by atoms with E-state index in [0.29, 0.717) is 17.2 Å². The van der Waals surface area contributed by atoms with Crippen LogP contribution in [0.1, 0.15) is 68.7 Å². The number of carbonyl (C=O) groups is 1. The Bertz CT molecular complexity index is 489. The summed E-state index contributed by atoms with van der Waals surface area (Å²) < 4.78 is 0. The van der Waals surface area contributed by atoms with E-state index in [1.165, 1.54) is 6.42 Å². The van der Waals surface area contributed by atoms with E-state index in [-0.39, 0.29) is 17.4 Å². The van der Waals surface area contributed by atoms with Gasteiger partial charge in [-0.1, -0.05) is 20.8 Å². The van der Waals surface area contributed by atoms with Crippen LogP contribution in [-0.4, -0.2) is 28.5 Å². The van der Waals surface area contributed by atoms with E-state index in [1.54, 1.807) is 13.2 Å². The van der Waals surface area contributed by atoms with Crippen LogP contribution < -0.4 is 10.6 Å². The van der Waals surface area contributed by atoms with Crippen LogP contribution in [0.25, 0.3) is 0 Å². The highest BCUT2D eigenvalue weighted by atomic mass is 16.2. The number of nitrogens with zero attached hydrogens (tertiary/aromatic N) is 2. The van der Waals surface area contributed by atoms with Crippen molar-refractivity contribution in [1.82, 2.24) is 15.3 Å². The SMILES string of the molecule is CCC1(NC(=O)c2nc(C(C)C)ncc2NC)CCC1. The fourth-order valence-electron chi connectivity index (χ4n) is 2.50. The van der Waals surface area contributed by atoms with Crippen molar-refractivity contribution >= 4 is 11.6 Å². The van der Waals surface area contributed by atoms with Gasteiger partial charge in [-0.15, -0.1) is 0 Å². The average molecular weight is 276 g/mol. The lowest BCUT2D eigenvalue weighted by molar-refractivity contribution is 0.0815. The molecular formula is C15H24N4O. The van der Waals surface area contributed by atoms with Gasteiger partial charge in [0.05, 0.1) is 11.9 Å². The molecule has 2 N–H and O–H groups in total. The van der Waals surface area contributed by atoms with E-state index >= 15 is 0 Å². The molecule has 5 nitrogen and oxygen atoms in total. The predicted octanol–water partition coefficient (Wildman–Crippen LogP) is 2.70. The smallest absolute Gasteiger partial charge is 0.272 e. The van der Waals surface area contributed by atoms with Crippen molar-refractivity contribution in [2.45, 2.75) is 57.9 Å². The number of carbonyl (C=O) groups excluding carboxylic acids is 1. The van der Waals surface area contributed by atoms with Crippen LogP contribution in [0, 0.1) is 0 Å². The Morgan fingerprint density at radius 2 is 2.15 bits per heavy atom. The zero-order valence-electron chi connectivity index (χ0n) is 12.8. The molecule has 0 saturated heterocycles. The van der Waals surface area contributed by atoms with E-state index in [9.17, 15) is 4.79 Å². The lowest BCUT2D eigenvalue weighted by atomic mass is 9.75. The van der Waals surface area contributed by atoms with Crippen LogP contribution >= 0.6 is 0 Å². The highest BCUT2D eigenvalue weighted by Gasteiger charge is 2.37. The number of rotatable bonds is 5. The van der Waals surface area contributed by atoms with Gasteiger partial charge >= 0.3 is 0 Å². The predicted molar refractivity (Wildman–Crippen MR) is 80.0 cm³/mol. The van der Waals surface area contributed by atoms with Crippen molar-refractivity contribution in [3.05, 3.63) is 17.7 Å². The lowest BCUT2D eigenvalue weighted by Gasteiger charge is -2.42. The molecule has 0 aliphatic heterocycles. The Labute approximate surface area is 120 Å². The van der Waals surface area contributed by atoms with Gasteiger partial charge in [0.25, 0.3) is 5.91 Å². The van der Waals surface area contributed by atoms with Gasteiger partial charge < -0.3 is 10.6 Å². The van der Waals surface area contributed by atoms with Gasteiger partial charge in [-0.05, 0) is 25.7 Å². The molecule has 110 valence electrons. The fraction of sp³-hybridized carbons (Fsp3) is 0.667. The molecule has 1 aliphatic rings. The second-order valence-corrected chi connectivity index (χ2v) is 5.84. The first-order valence-electron chi connectivity index (χ1n) is 7.38. The molecule has 1 heterocycles. The van der Waals surface area contributed by atoms with Gasteiger partial charge in [-0.2, -0.15) is 0 Å². The van der Waals surface area contributed by atoms with Crippen LogP contribution in [0.4, 0.5) is 5.69 Å². The summed E-state index contributed by atoms with van der Waals surface area (Å²) >= 11 is 0. The Morgan fingerprint density at radius 3 is 2.60 bits per heavy atom. The zero-order valence-corrected chi connectivity index (χ0v) is 12.8. The molecular weight excluding hydrogens is 252 g/mol. The third kappa shape index (κ3) is 2.76.